The second-order valence-corrected chi connectivity index (χ2v) is 4.23. The molecule has 0 amide bonds. The van der Waals surface area contributed by atoms with Crippen molar-refractivity contribution < 1.29 is 9.53 Å². The molecule has 2 rings (SSSR count). The normalized spacial score (nSPS) is 9.94. The van der Waals surface area contributed by atoms with Crippen molar-refractivity contribution in [3.05, 3.63) is 47.0 Å². The molecule has 1 heterocycles. The minimum atomic E-state index is -0.318. The van der Waals surface area contributed by atoms with Gasteiger partial charge in [-0.2, -0.15) is 0 Å². The summed E-state index contributed by atoms with van der Waals surface area (Å²) in [6.07, 6.45) is 1.74. The molecule has 0 fully saturated rings. The zero-order valence-electron chi connectivity index (χ0n) is 9.34. The molecule has 0 aliphatic heterocycles. The van der Waals surface area contributed by atoms with Gasteiger partial charge in [-0.1, -0.05) is 18.2 Å². The molecule has 4 nitrogen and oxygen atoms in total. The van der Waals surface area contributed by atoms with Crippen molar-refractivity contribution in [3.63, 3.8) is 0 Å². The van der Waals surface area contributed by atoms with Crippen LogP contribution in [0.3, 0.4) is 0 Å². The first kappa shape index (κ1) is 11.6. The summed E-state index contributed by atoms with van der Waals surface area (Å²) in [5.74, 6) is -0.318. The zero-order chi connectivity index (χ0) is 12.1. The van der Waals surface area contributed by atoms with E-state index < -0.39 is 0 Å². The lowest BCUT2D eigenvalue weighted by molar-refractivity contribution is 0.0599. The fraction of sp³-hybridized carbons (Fsp3) is 0.167. The van der Waals surface area contributed by atoms with Gasteiger partial charge >= 0.3 is 5.97 Å². The van der Waals surface area contributed by atoms with Gasteiger partial charge in [0.1, 0.15) is 0 Å². The van der Waals surface area contributed by atoms with Crippen molar-refractivity contribution in [2.75, 3.05) is 12.4 Å². The van der Waals surface area contributed by atoms with Gasteiger partial charge in [-0.15, -0.1) is 11.3 Å². The first-order valence-corrected chi connectivity index (χ1v) is 5.99. The van der Waals surface area contributed by atoms with Gasteiger partial charge in [-0.3, -0.25) is 0 Å². The Morgan fingerprint density at radius 3 is 3.00 bits per heavy atom. The average molecular weight is 248 g/mol. The van der Waals surface area contributed by atoms with Crippen molar-refractivity contribution in [2.24, 2.45) is 0 Å². The number of methoxy groups -OCH3 is 1. The fourth-order valence-electron chi connectivity index (χ4n) is 1.47. The zero-order valence-corrected chi connectivity index (χ0v) is 10.2. The number of carbonyl (C=O) groups is 1. The first-order chi connectivity index (χ1) is 8.31. The first-order valence-electron chi connectivity index (χ1n) is 5.11. The van der Waals surface area contributed by atoms with Gasteiger partial charge in [-0.25, -0.2) is 9.78 Å². The lowest BCUT2D eigenvalue weighted by Crippen LogP contribution is -2.08. The number of nitrogens with one attached hydrogen (secondary N) is 1. The maximum atomic E-state index is 11.5. The van der Waals surface area contributed by atoms with Gasteiger partial charge in [0.25, 0.3) is 0 Å². The molecule has 0 bridgehead atoms. The summed E-state index contributed by atoms with van der Waals surface area (Å²) in [5, 5.41) is 5.89. The summed E-state index contributed by atoms with van der Waals surface area (Å²) < 4.78 is 4.73. The van der Waals surface area contributed by atoms with E-state index in [4.69, 9.17) is 4.74 Å². The minimum absolute atomic E-state index is 0.318. The van der Waals surface area contributed by atoms with Crippen LogP contribution in [0, 0.1) is 0 Å². The Labute approximate surface area is 103 Å². The van der Waals surface area contributed by atoms with Gasteiger partial charge in [0.05, 0.1) is 12.7 Å². The highest BCUT2D eigenvalue weighted by Gasteiger charge is 2.10. The number of hydrogen-bond acceptors (Lipinski definition) is 5. The molecule has 0 atom stereocenters. The standard InChI is InChI=1S/C12H12N2O2S/c1-16-11(15)10-5-3-2-4-9(10)8-14-12-13-6-7-17-12/h2-7H,8H2,1H3,(H,13,14). The van der Waals surface area contributed by atoms with Crippen LogP contribution in [-0.2, 0) is 11.3 Å². The molecular formula is C12H12N2O2S. The third-order valence-electron chi connectivity index (χ3n) is 2.29. The van der Waals surface area contributed by atoms with Crippen LogP contribution in [0.25, 0.3) is 0 Å². The number of hydrogen-bond donors (Lipinski definition) is 1. The summed E-state index contributed by atoms with van der Waals surface area (Å²) in [7, 11) is 1.38. The SMILES string of the molecule is COC(=O)c1ccccc1CNc1nccs1. The number of esters is 1. The van der Waals surface area contributed by atoms with E-state index in [1.165, 1.54) is 18.4 Å². The molecule has 5 heteroatoms. The van der Waals surface area contributed by atoms with Crippen molar-refractivity contribution in [2.45, 2.75) is 6.54 Å². The molecule has 1 aromatic heterocycles. The number of thiazole rings is 1. The van der Waals surface area contributed by atoms with Crippen molar-refractivity contribution in [3.8, 4) is 0 Å². The molecule has 1 aromatic carbocycles. The van der Waals surface area contributed by atoms with Crippen LogP contribution in [0.1, 0.15) is 15.9 Å². The van der Waals surface area contributed by atoms with E-state index in [0.717, 1.165) is 10.7 Å². The number of rotatable bonds is 4. The van der Waals surface area contributed by atoms with Crippen molar-refractivity contribution >= 4 is 22.4 Å². The second kappa shape index (κ2) is 5.45. The molecule has 0 aliphatic rings. The molecule has 0 radical (unpaired) electrons. The Morgan fingerprint density at radius 1 is 1.47 bits per heavy atom. The molecule has 88 valence electrons. The smallest absolute Gasteiger partial charge is 0.338 e. The highest BCUT2D eigenvalue weighted by Crippen LogP contribution is 2.15. The van der Waals surface area contributed by atoms with Gasteiger partial charge in [-0.05, 0) is 11.6 Å². The summed E-state index contributed by atoms with van der Waals surface area (Å²) >= 11 is 1.52. The maximum absolute atomic E-state index is 11.5. The summed E-state index contributed by atoms with van der Waals surface area (Å²) in [5.41, 5.74) is 1.48. The third kappa shape index (κ3) is 2.82. The molecule has 1 N–H and O–H groups in total. The number of nitrogens with zero attached hydrogens (tertiary/aromatic N) is 1. The molecule has 0 saturated heterocycles. The Bertz CT molecular complexity index is 497. The van der Waals surface area contributed by atoms with Crippen LogP contribution in [0.15, 0.2) is 35.8 Å². The van der Waals surface area contributed by atoms with Crippen LogP contribution < -0.4 is 5.32 Å². The Balaban J connectivity index is 2.12. The number of ether oxygens (including phenoxy) is 1. The van der Waals surface area contributed by atoms with Crippen LogP contribution >= 0.6 is 11.3 Å². The lowest BCUT2D eigenvalue weighted by atomic mass is 10.1. The second-order valence-electron chi connectivity index (χ2n) is 3.34. The number of carbonyl (C=O) groups excluding carboxylic acids is 1. The minimum Gasteiger partial charge on any atom is -0.465 e. The van der Waals surface area contributed by atoms with Crippen molar-refractivity contribution in [1.82, 2.24) is 4.98 Å². The van der Waals surface area contributed by atoms with Crippen LogP contribution in [0.4, 0.5) is 5.13 Å². The third-order valence-corrected chi connectivity index (χ3v) is 3.02. The van der Waals surface area contributed by atoms with Gasteiger partial charge in [0, 0.05) is 18.1 Å². The predicted molar refractivity (Wildman–Crippen MR) is 67.2 cm³/mol. The molecule has 0 aliphatic carbocycles. The Kier molecular flexibility index (Phi) is 3.72. The number of aromatic nitrogens is 1. The summed E-state index contributed by atoms with van der Waals surface area (Å²) in [6, 6.07) is 7.36. The van der Waals surface area contributed by atoms with E-state index >= 15 is 0 Å². The molecule has 0 saturated carbocycles. The Morgan fingerprint density at radius 2 is 2.29 bits per heavy atom. The van der Waals surface area contributed by atoms with E-state index in [1.807, 2.05) is 23.6 Å². The molecular weight excluding hydrogens is 236 g/mol. The summed E-state index contributed by atoms with van der Waals surface area (Å²) in [4.78, 5) is 15.6. The highest BCUT2D eigenvalue weighted by atomic mass is 32.1. The molecule has 2 aromatic rings. The van der Waals surface area contributed by atoms with Gasteiger partial charge < -0.3 is 10.1 Å². The van der Waals surface area contributed by atoms with Crippen molar-refractivity contribution in [1.29, 1.82) is 0 Å². The lowest BCUT2D eigenvalue weighted by Gasteiger charge is -2.08. The van der Waals surface area contributed by atoms with Gasteiger partial charge in [0.2, 0.25) is 0 Å². The quantitative estimate of drug-likeness (QED) is 0.845. The topological polar surface area (TPSA) is 51.2 Å². The predicted octanol–water partition coefficient (Wildman–Crippen LogP) is 2.54. The summed E-state index contributed by atoms with van der Waals surface area (Å²) in [6.45, 7) is 0.554. The largest absolute Gasteiger partial charge is 0.465 e. The highest BCUT2D eigenvalue weighted by molar-refractivity contribution is 7.13. The maximum Gasteiger partial charge on any atom is 0.338 e. The monoisotopic (exact) mass is 248 g/mol. The fourth-order valence-corrected chi connectivity index (χ4v) is 1.99. The van der Waals surface area contributed by atoms with E-state index in [9.17, 15) is 4.79 Å². The molecule has 0 unspecified atom stereocenters. The van der Waals surface area contributed by atoms with Gasteiger partial charge in [0.15, 0.2) is 5.13 Å². The van der Waals surface area contributed by atoms with E-state index in [1.54, 1.807) is 12.3 Å². The van der Waals surface area contributed by atoms with E-state index in [0.29, 0.717) is 12.1 Å². The van der Waals surface area contributed by atoms with E-state index in [-0.39, 0.29) is 5.97 Å². The molecule has 0 spiro atoms. The average Bonchev–Trinajstić information content (AvgIpc) is 2.89. The number of anilines is 1. The number of benzene rings is 1. The van der Waals surface area contributed by atoms with Crippen LogP contribution in [0.5, 0.6) is 0 Å². The molecule has 17 heavy (non-hydrogen) atoms. The Hall–Kier alpha value is -1.88. The van der Waals surface area contributed by atoms with E-state index in [2.05, 4.69) is 10.3 Å². The van der Waals surface area contributed by atoms with Crippen LogP contribution in [0.2, 0.25) is 0 Å². The van der Waals surface area contributed by atoms with Crippen LogP contribution in [-0.4, -0.2) is 18.1 Å².